The van der Waals surface area contributed by atoms with Gasteiger partial charge in [0.2, 0.25) is 0 Å². The zero-order valence-corrected chi connectivity index (χ0v) is 10.5. The fraction of sp³-hybridized carbons (Fsp3) is 0.118. The topological polar surface area (TPSA) is 17.1 Å². The zero-order valence-electron chi connectivity index (χ0n) is 10.5. The molecule has 2 aromatic rings. The van der Waals surface area contributed by atoms with Crippen molar-refractivity contribution in [3.8, 4) is 11.8 Å². The Bertz CT molecular complexity index is 607. The summed E-state index contributed by atoms with van der Waals surface area (Å²) >= 11 is 0. The normalized spacial score (nSPS) is 9.44. The molecule has 1 nitrogen and oxygen atoms in total. The average Bonchev–Trinajstić information content (AvgIpc) is 2.38. The SMILES string of the molecule is CC(=O)c1ccc(C#Cc2ccc(C)cc2)cc1. The lowest BCUT2D eigenvalue weighted by Gasteiger charge is -1.95. The van der Waals surface area contributed by atoms with Crippen molar-refractivity contribution in [1.82, 2.24) is 0 Å². The molecule has 0 aliphatic carbocycles. The molecule has 0 aliphatic rings. The lowest BCUT2D eigenvalue weighted by molar-refractivity contribution is 0.101. The number of carbonyl (C=O) groups is 1. The number of benzene rings is 2. The summed E-state index contributed by atoms with van der Waals surface area (Å²) in [6, 6.07) is 15.5. The third-order valence-electron chi connectivity index (χ3n) is 2.69. The minimum Gasteiger partial charge on any atom is -0.295 e. The van der Waals surface area contributed by atoms with Gasteiger partial charge in [-0.15, -0.1) is 0 Å². The van der Waals surface area contributed by atoms with Crippen LogP contribution in [-0.2, 0) is 0 Å². The molecular formula is C17H14O. The molecule has 0 radical (unpaired) electrons. The van der Waals surface area contributed by atoms with Gasteiger partial charge in [-0.1, -0.05) is 41.7 Å². The second-order valence-corrected chi connectivity index (χ2v) is 4.25. The first-order chi connectivity index (χ1) is 8.65. The number of rotatable bonds is 1. The van der Waals surface area contributed by atoms with Crippen molar-refractivity contribution in [2.45, 2.75) is 13.8 Å². The summed E-state index contributed by atoms with van der Waals surface area (Å²) in [5, 5.41) is 0. The molecule has 0 saturated heterocycles. The van der Waals surface area contributed by atoms with E-state index in [1.165, 1.54) is 5.56 Å². The monoisotopic (exact) mass is 234 g/mol. The summed E-state index contributed by atoms with van der Waals surface area (Å²) in [7, 11) is 0. The maximum absolute atomic E-state index is 11.1. The number of aryl methyl sites for hydroxylation is 1. The van der Waals surface area contributed by atoms with E-state index in [0.717, 1.165) is 16.7 Å². The van der Waals surface area contributed by atoms with Crippen molar-refractivity contribution < 1.29 is 4.79 Å². The van der Waals surface area contributed by atoms with E-state index in [1.54, 1.807) is 6.92 Å². The second kappa shape index (κ2) is 5.33. The van der Waals surface area contributed by atoms with Crippen molar-refractivity contribution in [3.05, 3.63) is 70.8 Å². The Labute approximate surface area is 107 Å². The molecule has 0 amide bonds. The largest absolute Gasteiger partial charge is 0.295 e. The molecule has 18 heavy (non-hydrogen) atoms. The first-order valence-corrected chi connectivity index (χ1v) is 5.85. The standard InChI is InChI=1S/C17H14O/c1-13-3-5-15(6-4-13)7-8-16-9-11-17(12-10-16)14(2)18/h3-6,9-12H,1-2H3. The van der Waals surface area contributed by atoms with Gasteiger partial charge < -0.3 is 0 Å². The molecule has 2 rings (SSSR count). The first-order valence-electron chi connectivity index (χ1n) is 5.85. The molecule has 0 N–H and O–H groups in total. The van der Waals surface area contributed by atoms with E-state index in [4.69, 9.17) is 0 Å². The van der Waals surface area contributed by atoms with Gasteiger partial charge in [-0.3, -0.25) is 4.79 Å². The van der Waals surface area contributed by atoms with Crippen LogP contribution < -0.4 is 0 Å². The van der Waals surface area contributed by atoms with Crippen LogP contribution in [0, 0.1) is 18.8 Å². The number of carbonyl (C=O) groups excluding carboxylic acids is 1. The van der Waals surface area contributed by atoms with Gasteiger partial charge in [0.05, 0.1) is 0 Å². The van der Waals surface area contributed by atoms with E-state index in [1.807, 2.05) is 48.5 Å². The third kappa shape index (κ3) is 3.09. The highest BCUT2D eigenvalue weighted by Gasteiger charge is 1.96. The lowest BCUT2D eigenvalue weighted by Crippen LogP contribution is -1.90. The summed E-state index contributed by atoms with van der Waals surface area (Å²) in [6.07, 6.45) is 0. The van der Waals surface area contributed by atoms with Gasteiger partial charge in [-0.25, -0.2) is 0 Å². The van der Waals surface area contributed by atoms with Crippen molar-refractivity contribution in [2.24, 2.45) is 0 Å². The molecule has 88 valence electrons. The van der Waals surface area contributed by atoms with Gasteiger partial charge in [0, 0.05) is 16.7 Å². The molecule has 0 atom stereocenters. The molecule has 0 aromatic heterocycles. The predicted octanol–water partition coefficient (Wildman–Crippen LogP) is 3.60. The van der Waals surface area contributed by atoms with E-state index >= 15 is 0 Å². The summed E-state index contributed by atoms with van der Waals surface area (Å²) in [6.45, 7) is 3.62. The van der Waals surface area contributed by atoms with Crippen molar-refractivity contribution in [2.75, 3.05) is 0 Å². The zero-order chi connectivity index (χ0) is 13.0. The molecule has 0 fully saturated rings. The Balaban J connectivity index is 2.19. The number of hydrogen-bond acceptors (Lipinski definition) is 1. The summed E-state index contributed by atoms with van der Waals surface area (Å²) in [4.78, 5) is 11.1. The van der Waals surface area contributed by atoms with Gasteiger partial charge in [-0.05, 0) is 38.1 Å². The molecule has 0 saturated carbocycles. The summed E-state index contributed by atoms with van der Waals surface area (Å²) < 4.78 is 0. The molecular weight excluding hydrogens is 220 g/mol. The third-order valence-corrected chi connectivity index (χ3v) is 2.69. The molecule has 0 bridgehead atoms. The predicted molar refractivity (Wildman–Crippen MR) is 73.6 cm³/mol. The van der Waals surface area contributed by atoms with Crippen LogP contribution in [0.4, 0.5) is 0 Å². The van der Waals surface area contributed by atoms with Gasteiger partial charge in [0.15, 0.2) is 5.78 Å². The van der Waals surface area contributed by atoms with E-state index < -0.39 is 0 Å². The molecule has 0 unspecified atom stereocenters. The van der Waals surface area contributed by atoms with E-state index in [-0.39, 0.29) is 5.78 Å². The minimum absolute atomic E-state index is 0.0769. The van der Waals surface area contributed by atoms with E-state index in [2.05, 4.69) is 18.8 Å². The molecule has 0 heterocycles. The van der Waals surface area contributed by atoms with Crippen molar-refractivity contribution in [3.63, 3.8) is 0 Å². The van der Waals surface area contributed by atoms with Crippen LogP contribution in [0.25, 0.3) is 0 Å². The Hall–Kier alpha value is -2.33. The maximum Gasteiger partial charge on any atom is 0.159 e. The maximum atomic E-state index is 11.1. The molecule has 2 aromatic carbocycles. The molecule has 1 heteroatoms. The molecule has 0 spiro atoms. The highest BCUT2D eigenvalue weighted by atomic mass is 16.1. The first kappa shape index (κ1) is 12.1. The van der Waals surface area contributed by atoms with Crippen molar-refractivity contribution in [1.29, 1.82) is 0 Å². The van der Waals surface area contributed by atoms with E-state index in [9.17, 15) is 4.79 Å². The van der Waals surface area contributed by atoms with Crippen LogP contribution in [0.1, 0.15) is 34.0 Å². The lowest BCUT2D eigenvalue weighted by atomic mass is 10.1. The summed E-state index contributed by atoms with van der Waals surface area (Å²) in [5.41, 5.74) is 3.86. The van der Waals surface area contributed by atoms with Crippen LogP contribution >= 0.6 is 0 Å². The van der Waals surface area contributed by atoms with E-state index in [0.29, 0.717) is 0 Å². The van der Waals surface area contributed by atoms with Gasteiger partial charge in [0.25, 0.3) is 0 Å². The van der Waals surface area contributed by atoms with Gasteiger partial charge >= 0.3 is 0 Å². The van der Waals surface area contributed by atoms with Gasteiger partial charge in [0.1, 0.15) is 0 Å². The summed E-state index contributed by atoms with van der Waals surface area (Å²) in [5.74, 6) is 6.26. The Morgan fingerprint density at radius 1 is 0.833 bits per heavy atom. The number of hydrogen-bond donors (Lipinski definition) is 0. The van der Waals surface area contributed by atoms with Crippen LogP contribution in [0.3, 0.4) is 0 Å². The average molecular weight is 234 g/mol. The Morgan fingerprint density at radius 3 is 1.72 bits per heavy atom. The van der Waals surface area contributed by atoms with Crippen LogP contribution in [0.15, 0.2) is 48.5 Å². The van der Waals surface area contributed by atoms with Gasteiger partial charge in [-0.2, -0.15) is 0 Å². The quantitative estimate of drug-likeness (QED) is 0.544. The highest BCUT2D eigenvalue weighted by molar-refractivity contribution is 5.94. The fourth-order valence-corrected chi connectivity index (χ4v) is 1.57. The number of ketones is 1. The smallest absolute Gasteiger partial charge is 0.159 e. The second-order valence-electron chi connectivity index (χ2n) is 4.25. The highest BCUT2D eigenvalue weighted by Crippen LogP contribution is 2.05. The van der Waals surface area contributed by atoms with Crippen LogP contribution in [0.5, 0.6) is 0 Å². The van der Waals surface area contributed by atoms with Crippen LogP contribution in [0.2, 0.25) is 0 Å². The van der Waals surface area contributed by atoms with Crippen LogP contribution in [-0.4, -0.2) is 5.78 Å². The number of Topliss-reactive ketones (excluding diaryl/α,β-unsaturated/α-hetero) is 1. The Morgan fingerprint density at radius 2 is 1.28 bits per heavy atom. The molecule has 0 aliphatic heterocycles. The van der Waals surface area contributed by atoms with Crippen molar-refractivity contribution >= 4 is 5.78 Å². The Kier molecular flexibility index (Phi) is 3.60. The minimum atomic E-state index is 0.0769. The fourth-order valence-electron chi connectivity index (χ4n) is 1.57.